The molecule has 1 aromatic heterocycles. The summed E-state index contributed by atoms with van der Waals surface area (Å²) in [5.74, 6) is -2.13. The predicted octanol–water partition coefficient (Wildman–Crippen LogP) is 0.726. The summed E-state index contributed by atoms with van der Waals surface area (Å²) in [5, 5.41) is 17.0. The number of aromatic nitrogens is 2. The number of hydrogen-bond donors (Lipinski definition) is 2. The van der Waals surface area contributed by atoms with Gasteiger partial charge < -0.3 is 24.5 Å². The first-order valence-electron chi connectivity index (χ1n) is 9.73. The van der Waals surface area contributed by atoms with Crippen LogP contribution in [0, 0.1) is 5.41 Å². The van der Waals surface area contributed by atoms with Crippen molar-refractivity contribution < 1.29 is 33.5 Å². The lowest BCUT2D eigenvalue weighted by atomic mass is 9.72. The van der Waals surface area contributed by atoms with E-state index in [4.69, 9.17) is 14.1 Å². The molecule has 0 radical (unpaired) electrons. The number of para-hydroxylation sites is 1. The highest BCUT2D eigenvalue weighted by molar-refractivity contribution is 6.47. The molecule has 2 aromatic rings. The predicted molar refractivity (Wildman–Crippen MR) is 109 cm³/mol. The molecule has 0 spiro atoms. The minimum absolute atomic E-state index is 0.00271. The third kappa shape index (κ3) is 5.63. The molecule has 3 rings (SSSR count). The molecular weight excluding hydrogens is 405 g/mol. The number of fused-ring (bicyclic) bond motifs is 1. The minimum atomic E-state index is -1.36. The lowest BCUT2D eigenvalue weighted by Gasteiger charge is -2.29. The zero-order chi connectivity index (χ0) is 22.6. The van der Waals surface area contributed by atoms with Gasteiger partial charge in [-0.05, 0) is 44.9 Å². The van der Waals surface area contributed by atoms with Crippen LogP contribution >= 0.6 is 0 Å². The van der Waals surface area contributed by atoms with Crippen molar-refractivity contribution in [1.82, 2.24) is 15.1 Å². The van der Waals surface area contributed by atoms with Crippen molar-refractivity contribution >= 4 is 25.0 Å². The zero-order valence-corrected chi connectivity index (χ0v) is 17.5. The average molecular weight is 429 g/mol. The molecule has 2 heterocycles. The number of carbonyl (C=O) groups excluding carboxylic acids is 3. The monoisotopic (exact) mass is 429 g/mol. The molecule has 1 aromatic carbocycles. The lowest BCUT2D eigenvalue weighted by Crippen LogP contribution is -2.53. The van der Waals surface area contributed by atoms with E-state index in [-0.39, 0.29) is 30.2 Å². The van der Waals surface area contributed by atoms with Gasteiger partial charge in [0.2, 0.25) is 12.7 Å². The van der Waals surface area contributed by atoms with Crippen molar-refractivity contribution in [1.29, 1.82) is 0 Å². The van der Waals surface area contributed by atoms with Crippen LogP contribution in [-0.4, -0.2) is 52.5 Å². The Morgan fingerprint density at radius 2 is 2.06 bits per heavy atom. The second-order valence-electron chi connectivity index (χ2n) is 8.12. The van der Waals surface area contributed by atoms with Crippen molar-refractivity contribution in [3.05, 3.63) is 47.8 Å². The van der Waals surface area contributed by atoms with Crippen molar-refractivity contribution in [2.24, 2.45) is 5.41 Å². The van der Waals surface area contributed by atoms with Gasteiger partial charge >= 0.3 is 19.1 Å². The standard InChI is InChI=1S/C20H24BN3O7/c1-20(2,3)19(27)30-12-29-18(26)14-7-4-6-13-10-15(21(28)31-17(13)14)23-16(25)11-24-9-5-8-22-24/h4-9,15,28H,10-12H2,1-3H3,(H,23,25)/t15-/m0/s1. The Balaban J connectivity index is 1.62. The van der Waals surface area contributed by atoms with Crippen LogP contribution in [0.5, 0.6) is 5.75 Å². The topological polar surface area (TPSA) is 129 Å². The van der Waals surface area contributed by atoms with E-state index in [0.29, 0.717) is 5.56 Å². The molecule has 1 amide bonds. The second-order valence-corrected chi connectivity index (χ2v) is 8.12. The zero-order valence-electron chi connectivity index (χ0n) is 17.5. The van der Waals surface area contributed by atoms with Crippen LogP contribution in [0.2, 0.25) is 0 Å². The fraction of sp³-hybridized carbons (Fsp3) is 0.400. The average Bonchev–Trinajstić information content (AvgIpc) is 3.20. The quantitative estimate of drug-likeness (QED) is 0.391. The maximum atomic E-state index is 12.4. The Bertz CT molecular complexity index is 956. The van der Waals surface area contributed by atoms with Crippen LogP contribution in [0.4, 0.5) is 0 Å². The van der Waals surface area contributed by atoms with Gasteiger partial charge in [-0.3, -0.25) is 14.3 Å². The third-order valence-corrected chi connectivity index (χ3v) is 4.54. The van der Waals surface area contributed by atoms with Crippen LogP contribution in [-0.2, 0) is 32.0 Å². The summed E-state index contributed by atoms with van der Waals surface area (Å²) in [4.78, 5) is 36.4. The summed E-state index contributed by atoms with van der Waals surface area (Å²) in [6.45, 7) is 4.52. The highest BCUT2D eigenvalue weighted by atomic mass is 16.7. The van der Waals surface area contributed by atoms with Gasteiger partial charge in [-0.25, -0.2) is 4.79 Å². The highest BCUT2D eigenvalue weighted by Crippen LogP contribution is 2.30. The molecule has 1 aliphatic heterocycles. The molecule has 1 atom stereocenters. The summed E-state index contributed by atoms with van der Waals surface area (Å²) < 4.78 is 16.9. The third-order valence-electron chi connectivity index (χ3n) is 4.54. The molecule has 0 saturated carbocycles. The Hall–Kier alpha value is -3.34. The number of ether oxygens (including phenoxy) is 2. The van der Waals surface area contributed by atoms with Gasteiger partial charge in [-0.15, -0.1) is 0 Å². The minimum Gasteiger partial charge on any atom is -0.534 e. The van der Waals surface area contributed by atoms with Gasteiger partial charge in [0.05, 0.1) is 11.4 Å². The molecule has 2 N–H and O–H groups in total. The van der Waals surface area contributed by atoms with Gasteiger partial charge in [-0.2, -0.15) is 5.10 Å². The lowest BCUT2D eigenvalue weighted by molar-refractivity contribution is -0.161. The first-order chi connectivity index (χ1) is 14.6. The number of benzene rings is 1. The number of nitrogens with one attached hydrogen (secondary N) is 1. The summed E-state index contributed by atoms with van der Waals surface area (Å²) >= 11 is 0. The Kier molecular flexibility index (Phi) is 6.64. The molecule has 31 heavy (non-hydrogen) atoms. The summed E-state index contributed by atoms with van der Waals surface area (Å²) in [6.07, 6.45) is 3.47. The van der Waals surface area contributed by atoms with Crippen LogP contribution < -0.4 is 9.97 Å². The van der Waals surface area contributed by atoms with E-state index in [1.54, 1.807) is 51.4 Å². The number of nitrogens with zero attached hydrogens (tertiary/aromatic N) is 2. The first-order valence-corrected chi connectivity index (χ1v) is 9.73. The van der Waals surface area contributed by atoms with Gasteiger partial charge in [0.1, 0.15) is 17.9 Å². The Morgan fingerprint density at radius 3 is 2.74 bits per heavy atom. The van der Waals surface area contributed by atoms with Crippen LogP contribution in [0.15, 0.2) is 36.7 Å². The van der Waals surface area contributed by atoms with Crippen molar-refractivity contribution in [3.63, 3.8) is 0 Å². The maximum Gasteiger partial charge on any atom is 0.547 e. The molecule has 1 aliphatic rings. The largest absolute Gasteiger partial charge is 0.547 e. The van der Waals surface area contributed by atoms with Crippen LogP contribution in [0.25, 0.3) is 0 Å². The summed E-state index contributed by atoms with van der Waals surface area (Å²) in [7, 11) is -1.36. The van der Waals surface area contributed by atoms with Crippen molar-refractivity contribution in [3.8, 4) is 5.75 Å². The maximum absolute atomic E-state index is 12.4. The van der Waals surface area contributed by atoms with E-state index in [1.165, 1.54) is 10.7 Å². The van der Waals surface area contributed by atoms with E-state index in [9.17, 15) is 19.4 Å². The van der Waals surface area contributed by atoms with Crippen LogP contribution in [0.1, 0.15) is 36.7 Å². The second kappa shape index (κ2) is 9.21. The van der Waals surface area contributed by atoms with Gasteiger partial charge in [0.15, 0.2) is 0 Å². The van der Waals surface area contributed by atoms with E-state index >= 15 is 0 Å². The fourth-order valence-corrected chi connectivity index (χ4v) is 2.93. The SMILES string of the molecule is CC(C)(C)C(=O)OCOC(=O)c1cccc2c1OB(O)[C@@H](NC(=O)Cn1cccn1)C2. The smallest absolute Gasteiger partial charge is 0.534 e. The van der Waals surface area contributed by atoms with Gasteiger partial charge in [0, 0.05) is 12.4 Å². The van der Waals surface area contributed by atoms with E-state index in [2.05, 4.69) is 10.4 Å². The molecule has 0 aliphatic carbocycles. The molecule has 11 heteroatoms. The van der Waals surface area contributed by atoms with Crippen molar-refractivity contribution in [2.75, 3.05) is 6.79 Å². The number of carbonyl (C=O) groups is 3. The molecule has 0 fully saturated rings. The molecule has 0 bridgehead atoms. The number of rotatable bonds is 6. The van der Waals surface area contributed by atoms with E-state index in [1.807, 2.05) is 0 Å². The highest BCUT2D eigenvalue weighted by Gasteiger charge is 2.38. The molecule has 0 unspecified atom stereocenters. The normalized spacial score (nSPS) is 15.5. The molecule has 10 nitrogen and oxygen atoms in total. The van der Waals surface area contributed by atoms with Gasteiger partial charge in [-0.1, -0.05) is 12.1 Å². The van der Waals surface area contributed by atoms with Gasteiger partial charge in [0.25, 0.3) is 0 Å². The summed E-state index contributed by atoms with van der Waals surface area (Å²) in [5.41, 5.74) is -0.0110. The Morgan fingerprint density at radius 1 is 1.29 bits per heavy atom. The van der Waals surface area contributed by atoms with Crippen molar-refractivity contribution in [2.45, 2.75) is 39.7 Å². The number of hydrogen-bond acceptors (Lipinski definition) is 8. The first kappa shape index (κ1) is 22.4. The number of esters is 2. The molecule has 164 valence electrons. The van der Waals surface area contributed by atoms with Crippen LogP contribution in [0.3, 0.4) is 0 Å². The van der Waals surface area contributed by atoms with E-state index in [0.717, 1.165) is 0 Å². The fourth-order valence-electron chi connectivity index (χ4n) is 2.93. The van der Waals surface area contributed by atoms with E-state index < -0.39 is 37.2 Å². The molecular formula is C20H24BN3O7. The Labute approximate surface area is 179 Å². The molecule has 0 saturated heterocycles. The summed E-state index contributed by atoms with van der Waals surface area (Å²) in [6, 6.07) is 6.55. The number of amides is 1.